The first-order chi connectivity index (χ1) is 13.5. The molecule has 0 saturated heterocycles. The highest BCUT2D eigenvalue weighted by Crippen LogP contribution is 2.24. The summed E-state index contributed by atoms with van der Waals surface area (Å²) in [6.45, 7) is 6.44. The van der Waals surface area contributed by atoms with Crippen LogP contribution in [0.5, 0.6) is 0 Å². The molecule has 146 valence electrons. The summed E-state index contributed by atoms with van der Waals surface area (Å²) in [5.74, 6) is 0.180. The first-order valence-corrected chi connectivity index (χ1v) is 9.35. The number of halogens is 1. The topological polar surface area (TPSA) is 59.2 Å². The molecule has 0 unspecified atom stereocenters. The number of carbonyl (C=O) groups is 1. The minimum Gasteiger partial charge on any atom is -0.360 e. The van der Waals surface area contributed by atoms with Crippen molar-refractivity contribution in [3.05, 3.63) is 82.8 Å². The molecule has 0 atom stereocenters. The summed E-state index contributed by atoms with van der Waals surface area (Å²) in [5.41, 5.74) is 2.55. The number of benzene rings is 1. The average Bonchev–Trinajstić information content (AvgIpc) is 3.08. The van der Waals surface area contributed by atoms with Gasteiger partial charge in [0, 0.05) is 31.4 Å². The van der Waals surface area contributed by atoms with Gasteiger partial charge in [0.15, 0.2) is 5.76 Å². The number of nitrogens with zero attached hydrogens (tertiary/aromatic N) is 3. The summed E-state index contributed by atoms with van der Waals surface area (Å²) in [6.07, 6.45) is 3.84. The van der Waals surface area contributed by atoms with Crippen molar-refractivity contribution in [2.45, 2.75) is 39.7 Å². The van der Waals surface area contributed by atoms with Crippen molar-refractivity contribution in [1.29, 1.82) is 0 Å². The maximum absolute atomic E-state index is 14.0. The highest BCUT2D eigenvalue weighted by molar-refractivity contribution is 5.96. The monoisotopic (exact) mass is 381 g/mol. The number of aromatic nitrogens is 2. The van der Waals surface area contributed by atoms with Crippen LogP contribution in [-0.2, 0) is 13.0 Å². The summed E-state index contributed by atoms with van der Waals surface area (Å²) in [4.78, 5) is 19.2. The molecule has 6 heteroatoms. The molecular formula is C22H24FN3O2. The summed E-state index contributed by atoms with van der Waals surface area (Å²) < 4.78 is 19.4. The number of amides is 1. The van der Waals surface area contributed by atoms with E-state index in [2.05, 4.69) is 10.1 Å². The normalized spacial score (nSPS) is 11.0. The lowest BCUT2D eigenvalue weighted by Crippen LogP contribution is -2.33. The molecular weight excluding hydrogens is 357 g/mol. The van der Waals surface area contributed by atoms with E-state index in [1.54, 1.807) is 42.4 Å². The maximum atomic E-state index is 14.0. The first-order valence-electron chi connectivity index (χ1n) is 9.35. The lowest BCUT2D eigenvalue weighted by molar-refractivity contribution is 0.0741. The van der Waals surface area contributed by atoms with Crippen LogP contribution in [0, 0.1) is 12.7 Å². The number of hydrogen-bond acceptors (Lipinski definition) is 4. The molecule has 0 N–H and O–H groups in total. The summed E-state index contributed by atoms with van der Waals surface area (Å²) in [5, 5.41) is 3.99. The van der Waals surface area contributed by atoms with Gasteiger partial charge in [-0.05, 0) is 36.6 Å². The van der Waals surface area contributed by atoms with E-state index in [0.29, 0.717) is 42.1 Å². The highest BCUT2D eigenvalue weighted by Gasteiger charge is 2.27. The Bertz CT molecular complexity index is 938. The van der Waals surface area contributed by atoms with Crippen molar-refractivity contribution >= 4 is 5.91 Å². The fourth-order valence-electron chi connectivity index (χ4n) is 3.12. The van der Waals surface area contributed by atoms with Gasteiger partial charge < -0.3 is 9.42 Å². The van der Waals surface area contributed by atoms with E-state index in [1.165, 1.54) is 6.07 Å². The molecule has 3 aromatic rings. The Kier molecular flexibility index (Phi) is 6.19. The minimum absolute atomic E-state index is 0.0342. The molecule has 0 saturated carbocycles. The van der Waals surface area contributed by atoms with Gasteiger partial charge in [0.25, 0.3) is 5.91 Å². The molecule has 2 aromatic heterocycles. The number of hydrogen-bond donors (Lipinski definition) is 0. The summed E-state index contributed by atoms with van der Waals surface area (Å²) >= 11 is 0. The second-order valence-electron chi connectivity index (χ2n) is 7.09. The maximum Gasteiger partial charge on any atom is 0.259 e. The van der Waals surface area contributed by atoms with Gasteiger partial charge in [0.1, 0.15) is 11.4 Å². The third-order valence-corrected chi connectivity index (χ3v) is 4.62. The SMILES string of the molecule is Cc1noc(C(C)C)c1C(=O)N(CCc1ccccc1F)Cc1cccnc1. The van der Waals surface area contributed by atoms with E-state index in [0.717, 1.165) is 5.56 Å². The van der Waals surface area contributed by atoms with Gasteiger partial charge in [0.05, 0.1) is 5.69 Å². The Morgan fingerprint density at radius 1 is 1.21 bits per heavy atom. The van der Waals surface area contributed by atoms with Crippen LogP contribution in [0.4, 0.5) is 4.39 Å². The smallest absolute Gasteiger partial charge is 0.259 e. The summed E-state index contributed by atoms with van der Waals surface area (Å²) in [7, 11) is 0. The third kappa shape index (κ3) is 4.44. The van der Waals surface area contributed by atoms with E-state index in [1.807, 2.05) is 26.0 Å². The van der Waals surface area contributed by atoms with Crippen molar-refractivity contribution in [2.75, 3.05) is 6.54 Å². The standard InChI is InChI=1S/C22H24FN3O2/c1-15(2)21-20(16(3)25-28-21)22(27)26(14-17-7-6-11-24-13-17)12-10-18-8-4-5-9-19(18)23/h4-9,11,13,15H,10,12,14H2,1-3H3. The molecule has 0 bridgehead atoms. The van der Waals surface area contributed by atoms with Crippen LogP contribution in [-0.4, -0.2) is 27.5 Å². The van der Waals surface area contributed by atoms with Gasteiger partial charge in [0.2, 0.25) is 0 Å². The molecule has 2 heterocycles. The highest BCUT2D eigenvalue weighted by atomic mass is 19.1. The van der Waals surface area contributed by atoms with Crippen LogP contribution in [0.25, 0.3) is 0 Å². The van der Waals surface area contributed by atoms with Crippen molar-refractivity contribution in [3.8, 4) is 0 Å². The molecule has 0 spiro atoms. The van der Waals surface area contributed by atoms with Crippen LogP contribution >= 0.6 is 0 Å². The van der Waals surface area contributed by atoms with Gasteiger partial charge in [-0.25, -0.2) is 4.39 Å². The van der Waals surface area contributed by atoms with Gasteiger partial charge >= 0.3 is 0 Å². The Morgan fingerprint density at radius 3 is 2.68 bits per heavy atom. The molecule has 0 aliphatic rings. The molecule has 0 aliphatic carbocycles. The molecule has 1 aromatic carbocycles. The van der Waals surface area contributed by atoms with Gasteiger partial charge in [-0.1, -0.05) is 43.3 Å². The number of pyridine rings is 1. The fraction of sp³-hybridized carbons (Fsp3) is 0.318. The Hall–Kier alpha value is -3.02. The van der Waals surface area contributed by atoms with Crippen molar-refractivity contribution in [3.63, 3.8) is 0 Å². The van der Waals surface area contributed by atoms with Crippen LogP contribution in [0.1, 0.15) is 52.7 Å². The average molecular weight is 381 g/mol. The Labute approximate surface area is 164 Å². The van der Waals surface area contributed by atoms with Gasteiger partial charge in [-0.2, -0.15) is 0 Å². The number of rotatable bonds is 7. The molecule has 0 radical (unpaired) electrons. The van der Waals surface area contributed by atoms with Crippen molar-refractivity contribution in [2.24, 2.45) is 0 Å². The van der Waals surface area contributed by atoms with E-state index in [9.17, 15) is 9.18 Å². The predicted molar refractivity (Wildman–Crippen MR) is 104 cm³/mol. The third-order valence-electron chi connectivity index (χ3n) is 4.62. The Morgan fingerprint density at radius 2 is 2.00 bits per heavy atom. The molecule has 1 amide bonds. The second-order valence-corrected chi connectivity index (χ2v) is 7.09. The second kappa shape index (κ2) is 8.78. The van der Waals surface area contributed by atoms with Crippen LogP contribution in [0.15, 0.2) is 53.3 Å². The van der Waals surface area contributed by atoms with Crippen LogP contribution < -0.4 is 0 Å². The minimum atomic E-state index is -0.264. The first kappa shape index (κ1) is 19.7. The molecule has 0 fully saturated rings. The van der Waals surface area contributed by atoms with Crippen LogP contribution in [0.2, 0.25) is 0 Å². The zero-order valence-corrected chi connectivity index (χ0v) is 16.4. The largest absolute Gasteiger partial charge is 0.360 e. The molecule has 28 heavy (non-hydrogen) atoms. The zero-order chi connectivity index (χ0) is 20.1. The predicted octanol–water partition coefficient (Wildman–Crippen LogP) is 4.53. The molecule has 3 rings (SSSR count). The lowest BCUT2D eigenvalue weighted by Gasteiger charge is -2.23. The molecule has 0 aliphatic heterocycles. The quantitative estimate of drug-likeness (QED) is 0.603. The number of carbonyl (C=O) groups excluding carboxylic acids is 1. The van der Waals surface area contributed by atoms with Crippen LogP contribution in [0.3, 0.4) is 0 Å². The van der Waals surface area contributed by atoms with Crippen molar-refractivity contribution < 1.29 is 13.7 Å². The number of aryl methyl sites for hydroxylation is 1. The van der Waals surface area contributed by atoms with Gasteiger partial charge in [-0.3, -0.25) is 9.78 Å². The fourth-order valence-corrected chi connectivity index (χ4v) is 3.12. The zero-order valence-electron chi connectivity index (χ0n) is 16.4. The van der Waals surface area contributed by atoms with Gasteiger partial charge in [-0.15, -0.1) is 0 Å². The molecule has 5 nitrogen and oxygen atoms in total. The van der Waals surface area contributed by atoms with E-state index < -0.39 is 0 Å². The van der Waals surface area contributed by atoms with E-state index in [4.69, 9.17) is 4.52 Å². The van der Waals surface area contributed by atoms with E-state index >= 15 is 0 Å². The van der Waals surface area contributed by atoms with E-state index in [-0.39, 0.29) is 17.6 Å². The summed E-state index contributed by atoms with van der Waals surface area (Å²) in [6, 6.07) is 10.4. The van der Waals surface area contributed by atoms with Crippen molar-refractivity contribution in [1.82, 2.24) is 15.0 Å². The lowest BCUT2D eigenvalue weighted by atomic mass is 10.0. The Balaban J connectivity index is 1.88.